The molecule has 1 aliphatic rings. The molecule has 1 saturated heterocycles. The molecular formula is C17H27ClN2O. The van der Waals surface area contributed by atoms with Gasteiger partial charge in [-0.3, -0.25) is 4.79 Å². The predicted molar refractivity (Wildman–Crippen MR) is 90.1 cm³/mol. The van der Waals surface area contributed by atoms with E-state index in [0.717, 1.165) is 18.7 Å². The van der Waals surface area contributed by atoms with Crippen LogP contribution in [0.15, 0.2) is 18.2 Å². The van der Waals surface area contributed by atoms with E-state index in [1.54, 1.807) is 0 Å². The molecule has 0 bridgehead atoms. The van der Waals surface area contributed by atoms with Crippen molar-refractivity contribution in [2.75, 3.05) is 13.1 Å². The molecule has 1 aliphatic heterocycles. The van der Waals surface area contributed by atoms with Gasteiger partial charge in [0.25, 0.3) is 0 Å². The molecule has 1 fully saturated rings. The van der Waals surface area contributed by atoms with E-state index in [9.17, 15) is 4.79 Å². The summed E-state index contributed by atoms with van der Waals surface area (Å²) in [6.45, 7) is 5.96. The van der Waals surface area contributed by atoms with Gasteiger partial charge in [0, 0.05) is 12.6 Å². The van der Waals surface area contributed by atoms with Crippen molar-refractivity contribution >= 4 is 18.3 Å². The summed E-state index contributed by atoms with van der Waals surface area (Å²) in [7, 11) is 0. The quantitative estimate of drug-likeness (QED) is 0.898. The predicted octanol–water partition coefficient (Wildman–Crippen LogP) is 2.92. The molecule has 0 aromatic heterocycles. The van der Waals surface area contributed by atoms with E-state index in [1.165, 1.54) is 36.8 Å². The zero-order valence-corrected chi connectivity index (χ0v) is 13.9. The second-order valence-corrected chi connectivity index (χ2v) is 5.91. The van der Waals surface area contributed by atoms with Crippen molar-refractivity contribution in [3.63, 3.8) is 0 Å². The van der Waals surface area contributed by atoms with Gasteiger partial charge in [-0.2, -0.15) is 0 Å². The average Bonchev–Trinajstić information content (AvgIpc) is 2.69. The van der Waals surface area contributed by atoms with Gasteiger partial charge in [0.15, 0.2) is 0 Å². The first-order chi connectivity index (χ1) is 9.65. The number of rotatable bonds is 4. The number of carbonyl (C=O) groups is 1. The van der Waals surface area contributed by atoms with Crippen molar-refractivity contribution < 1.29 is 4.79 Å². The summed E-state index contributed by atoms with van der Waals surface area (Å²) in [5.74, 6) is 0.129. The zero-order valence-electron chi connectivity index (χ0n) is 13.1. The van der Waals surface area contributed by atoms with Crippen LogP contribution in [0, 0.1) is 13.8 Å². The lowest BCUT2D eigenvalue weighted by Gasteiger charge is -2.16. The maximum atomic E-state index is 12.1. The van der Waals surface area contributed by atoms with E-state index >= 15 is 0 Å². The van der Waals surface area contributed by atoms with E-state index in [2.05, 4.69) is 42.7 Å². The molecule has 2 rings (SSSR count). The van der Waals surface area contributed by atoms with Crippen LogP contribution >= 0.6 is 12.4 Å². The molecule has 1 aromatic rings. The van der Waals surface area contributed by atoms with Crippen LogP contribution in [0.5, 0.6) is 0 Å². The van der Waals surface area contributed by atoms with E-state index < -0.39 is 0 Å². The molecule has 21 heavy (non-hydrogen) atoms. The number of hydrogen-bond acceptors (Lipinski definition) is 2. The number of amides is 1. The SMILES string of the molecule is Cc1ccc(C)c(CC(=O)NCC2CCCCCN2)c1.Cl. The molecule has 0 radical (unpaired) electrons. The van der Waals surface area contributed by atoms with E-state index in [4.69, 9.17) is 0 Å². The Labute approximate surface area is 134 Å². The average molecular weight is 311 g/mol. The van der Waals surface area contributed by atoms with Crippen molar-refractivity contribution in [2.45, 2.75) is 52.0 Å². The molecule has 118 valence electrons. The molecular weight excluding hydrogens is 284 g/mol. The normalized spacial score (nSPS) is 18.5. The highest BCUT2D eigenvalue weighted by Crippen LogP contribution is 2.11. The third-order valence-corrected chi connectivity index (χ3v) is 4.06. The lowest BCUT2D eigenvalue weighted by Crippen LogP contribution is -2.40. The van der Waals surface area contributed by atoms with Crippen LogP contribution < -0.4 is 10.6 Å². The minimum atomic E-state index is 0. The highest BCUT2D eigenvalue weighted by atomic mass is 35.5. The maximum Gasteiger partial charge on any atom is 0.224 e. The summed E-state index contributed by atoms with van der Waals surface area (Å²) in [6, 6.07) is 6.73. The first-order valence-electron chi connectivity index (χ1n) is 7.71. The van der Waals surface area contributed by atoms with Crippen molar-refractivity contribution in [1.82, 2.24) is 10.6 Å². The monoisotopic (exact) mass is 310 g/mol. The first-order valence-corrected chi connectivity index (χ1v) is 7.71. The summed E-state index contributed by atoms with van der Waals surface area (Å²) in [6.07, 6.45) is 5.49. The van der Waals surface area contributed by atoms with E-state index in [1.807, 2.05) is 0 Å². The summed E-state index contributed by atoms with van der Waals surface area (Å²) >= 11 is 0. The molecule has 1 unspecified atom stereocenters. The van der Waals surface area contributed by atoms with Gasteiger partial charge in [0.2, 0.25) is 5.91 Å². The smallest absolute Gasteiger partial charge is 0.224 e. The number of aryl methyl sites for hydroxylation is 2. The van der Waals surface area contributed by atoms with Crippen molar-refractivity contribution in [2.24, 2.45) is 0 Å². The number of halogens is 1. The Hall–Kier alpha value is -1.06. The Bertz CT molecular complexity index is 454. The van der Waals surface area contributed by atoms with Gasteiger partial charge in [0.1, 0.15) is 0 Å². The number of nitrogens with one attached hydrogen (secondary N) is 2. The Morgan fingerprint density at radius 2 is 2.10 bits per heavy atom. The fourth-order valence-corrected chi connectivity index (χ4v) is 2.74. The summed E-state index contributed by atoms with van der Waals surface area (Å²) < 4.78 is 0. The van der Waals surface area contributed by atoms with Crippen LogP contribution in [0.1, 0.15) is 42.4 Å². The lowest BCUT2D eigenvalue weighted by molar-refractivity contribution is -0.120. The Kier molecular flexibility index (Phi) is 7.76. The molecule has 2 N–H and O–H groups in total. The van der Waals surface area contributed by atoms with Crippen molar-refractivity contribution in [3.05, 3.63) is 34.9 Å². The van der Waals surface area contributed by atoms with Crippen LogP contribution in [0.4, 0.5) is 0 Å². The zero-order chi connectivity index (χ0) is 14.4. The molecule has 1 aromatic carbocycles. The third-order valence-electron chi connectivity index (χ3n) is 4.06. The Morgan fingerprint density at radius 3 is 2.90 bits per heavy atom. The molecule has 1 amide bonds. The van der Waals surface area contributed by atoms with Gasteiger partial charge in [-0.15, -0.1) is 12.4 Å². The van der Waals surface area contributed by atoms with Gasteiger partial charge in [-0.05, 0) is 44.4 Å². The third kappa shape index (κ3) is 6.06. The molecule has 1 atom stereocenters. The van der Waals surface area contributed by atoms with Crippen LogP contribution in [0.3, 0.4) is 0 Å². The fraction of sp³-hybridized carbons (Fsp3) is 0.588. The number of benzene rings is 1. The fourth-order valence-electron chi connectivity index (χ4n) is 2.74. The van der Waals surface area contributed by atoms with Gasteiger partial charge in [0.05, 0.1) is 6.42 Å². The van der Waals surface area contributed by atoms with Crippen LogP contribution in [0.25, 0.3) is 0 Å². The second-order valence-electron chi connectivity index (χ2n) is 5.91. The molecule has 0 aliphatic carbocycles. The summed E-state index contributed by atoms with van der Waals surface area (Å²) in [5, 5.41) is 6.58. The number of hydrogen-bond donors (Lipinski definition) is 2. The molecule has 0 saturated carbocycles. The van der Waals surface area contributed by atoms with Crippen LogP contribution in [0.2, 0.25) is 0 Å². The number of carbonyl (C=O) groups excluding carboxylic acids is 1. The first kappa shape index (κ1) is 18.0. The molecule has 1 heterocycles. The van der Waals surface area contributed by atoms with E-state index in [-0.39, 0.29) is 18.3 Å². The van der Waals surface area contributed by atoms with Crippen LogP contribution in [-0.4, -0.2) is 25.0 Å². The van der Waals surface area contributed by atoms with Gasteiger partial charge in [-0.1, -0.05) is 36.6 Å². The highest BCUT2D eigenvalue weighted by molar-refractivity contribution is 5.85. The van der Waals surface area contributed by atoms with Gasteiger partial charge >= 0.3 is 0 Å². The van der Waals surface area contributed by atoms with Crippen molar-refractivity contribution in [1.29, 1.82) is 0 Å². The standard InChI is InChI=1S/C17H26N2O.ClH/c1-13-7-8-14(2)15(10-13)11-17(20)19-12-16-6-4-3-5-9-18-16;/h7-8,10,16,18H,3-6,9,11-12H2,1-2H3,(H,19,20);1H. The molecule has 0 spiro atoms. The topological polar surface area (TPSA) is 41.1 Å². The van der Waals surface area contributed by atoms with Gasteiger partial charge < -0.3 is 10.6 Å². The Balaban J connectivity index is 0.00000220. The second kappa shape index (κ2) is 9.06. The lowest BCUT2D eigenvalue weighted by atomic mass is 10.0. The Morgan fingerprint density at radius 1 is 1.29 bits per heavy atom. The molecule has 3 nitrogen and oxygen atoms in total. The van der Waals surface area contributed by atoms with E-state index in [0.29, 0.717) is 12.5 Å². The van der Waals surface area contributed by atoms with Crippen LogP contribution in [-0.2, 0) is 11.2 Å². The highest BCUT2D eigenvalue weighted by Gasteiger charge is 2.13. The largest absolute Gasteiger partial charge is 0.354 e. The summed E-state index contributed by atoms with van der Waals surface area (Å²) in [5.41, 5.74) is 3.54. The minimum absolute atomic E-state index is 0. The van der Waals surface area contributed by atoms with Crippen molar-refractivity contribution in [3.8, 4) is 0 Å². The maximum absolute atomic E-state index is 12.1. The molecule has 4 heteroatoms. The minimum Gasteiger partial charge on any atom is -0.354 e. The summed E-state index contributed by atoms with van der Waals surface area (Å²) in [4.78, 5) is 12.1. The van der Waals surface area contributed by atoms with Gasteiger partial charge in [-0.25, -0.2) is 0 Å².